The van der Waals surface area contributed by atoms with Crippen molar-refractivity contribution in [3.63, 3.8) is 0 Å². The molecule has 1 heterocycles. The summed E-state index contributed by atoms with van der Waals surface area (Å²) >= 11 is 13.7. The number of benzene rings is 2. The van der Waals surface area contributed by atoms with Crippen molar-refractivity contribution in [2.45, 2.75) is 19.2 Å². The largest absolute Gasteiger partial charge is 0.351 e. The molecule has 0 bridgehead atoms. The van der Waals surface area contributed by atoms with Gasteiger partial charge in [-0.1, -0.05) is 41.4 Å². The maximum Gasteiger partial charge on any atom is 0.251 e. The predicted octanol–water partition coefficient (Wildman–Crippen LogP) is 5.21. The monoisotopic (exact) mass is 433 g/mol. The van der Waals surface area contributed by atoms with E-state index in [2.05, 4.69) is 14.9 Å². The number of carbonyl (C=O) groups is 1. The average Bonchev–Trinajstić information content (AvgIpc) is 3.09. The van der Waals surface area contributed by atoms with Crippen molar-refractivity contribution in [3.8, 4) is 0 Å². The molecule has 28 heavy (non-hydrogen) atoms. The predicted molar refractivity (Wildman–Crippen MR) is 117 cm³/mol. The number of amides is 1. The molecule has 0 saturated heterocycles. The molecule has 7 heteroatoms. The minimum Gasteiger partial charge on any atom is -0.351 e. The Bertz CT molecular complexity index is 941. The molecule has 1 amide bonds. The van der Waals surface area contributed by atoms with Crippen LogP contribution < -0.4 is 5.32 Å². The smallest absolute Gasteiger partial charge is 0.251 e. The topological polar surface area (TPSA) is 46.9 Å². The molecule has 0 aliphatic rings. The second-order valence-corrected chi connectivity index (χ2v) is 8.28. The van der Waals surface area contributed by atoms with E-state index in [4.69, 9.17) is 23.2 Å². The molecular formula is C21H21Cl2N3OS. The first-order chi connectivity index (χ1) is 13.5. The van der Waals surface area contributed by atoms with Crippen LogP contribution in [0.3, 0.4) is 0 Å². The van der Waals surface area contributed by atoms with Crippen molar-refractivity contribution < 1.29 is 4.79 Å². The zero-order valence-electron chi connectivity index (χ0n) is 15.5. The van der Waals surface area contributed by atoms with E-state index in [1.165, 1.54) is 0 Å². The Balaban J connectivity index is 1.41. The van der Waals surface area contributed by atoms with Gasteiger partial charge in [0.25, 0.3) is 5.91 Å². The van der Waals surface area contributed by atoms with Gasteiger partial charge >= 0.3 is 0 Å². The van der Waals surface area contributed by atoms with Gasteiger partial charge in [-0.3, -0.25) is 4.79 Å². The first-order valence-corrected chi connectivity index (χ1v) is 10.8. The van der Waals surface area contributed by atoms with Gasteiger partial charge in [-0.15, -0.1) is 0 Å². The highest BCUT2D eigenvalue weighted by molar-refractivity contribution is 7.98. The highest BCUT2D eigenvalue weighted by Gasteiger charge is 2.06. The van der Waals surface area contributed by atoms with Gasteiger partial charge in [-0.05, 0) is 42.3 Å². The summed E-state index contributed by atoms with van der Waals surface area (Å²) in [6.07, 6.45) is 3.74. The number of carbonyl (C=O) groups excluding carboxylic acids is 1. The molecule has 0 saturated carbocycles. The number of nitrogens with zero attached hydrogens (tertiary/aromatic N) is 2. The van der Waals surface area contributed by atoms with Crippen LogP contribution in [-0.4, -0.2) is 27.8 Å². The van der Waals surface area contributed by atoms with Crippen LogP contribution in [0.1, 0.15) is 27.3 Å². The fourth-order valence-electron chi connectivity index (χ4n) is 2.69. The van der Waals surface area contributed by atoms with E-state index in [0.717, 1.165) is 35.0 Å². The van der Waals surface area contributed by atoms with Gasteiger partial charge in [0.1, 0.15) is 5.82 Å². The van der Waals surface area contributed by atoms with Crippen molar-refractivity contribution in [3.05, 3.63) is 87.4 Å². The van der Waals surface area contributed by atoms with E-state index >= 15 is 0 Å². The molecule has 0 radical (unpaired) electrons. The van der Waals surface area contributed by atoms with Crippen LogP contribution in [0.4, 0.5) is 0 Å². The van der Waals surface area contributed by atoms with Gasteiger partial charge in [0.15, 0.2) is 0 Å². The number of halogens is 2. The fourth-order valence-corrected chi connectivity index (χ4v) is 3.81. The second-order valence-electron chi connectivity index (χ2n) is 6.36. The molecule has 0 unspecified atom stereocenters. The van der Waals surface area contributed by atoms with Crippen molar-refractivity contribution >= 4 is 40.9 Å². The Labute approximate surface area is 179 Å². The summed E-state index contributed by atoms with van der Waals surface area (Å²) in [6.45, 7) is 3.33. The SMILES string of the molecule is Cc1nccn1Cc1ccc(C(=O)NCCSCc2ccc(Cl)c(Cl)c2)cc1. The number of hydrogen-bond donors (Lipinski definition) is 1. The molecule has 4 nitrogen and oxygen atoms in total. The third-order valence-corrected chi connectivity index (χ3v) is 6.05. The van der Waals surface area contributed by atoms with E-state index in [-0.39, 0.29) is 5.91 Å². The third-order valence-electron chi connectivity index (χ3n) is 4.28. The quantitative estimate of drug-likeness (QED) is 0.495. The number of aromatic nitrogens is 2. The third kappa shape index (κ3) is 5.77. The molecule has 0 aliphatic carbocycles. The lowest BCUT2D eigenvalue weighted by molar-refractivity contribution is 0.0956. The summed E-state index contributed by atoms with van der Waals surface area (Å²) in [6, 6.07) is 13.3. The number of rotatable bonds is 8. The van der Waals surface area contributed by atoms with Crippen molar-refractivity contribution in [1.82, 2.24) is 14.9 Å². The maximum absolute atomic E-state index is 12.3. The normalized spacial score (nSPS) is 10.8. The van der Waals surface area contributed by atoms with Gasteiger partial charge in [0.2, 0.25) is 0 Å². The zero-order chi connectivity index (χ0) is 19.9. The molecule has 0 atom stereocenters. The van der Waals surface area contributed by atoms with Crippen LogP contribution in [0.15, 0.2) is 54.9 Å². The Kier molecular flexibility index (Phi) is 7.43. The molecule has 3 aromatic rings. The number of hydrogen-bond acceptors (Lipinski definition) is 3. The standard InChI is InChI=1S/C21H21Cl2N3OS/c1-15-24-8-10-26(15)13-16-2-5-18(6-3-16)21(27)25-9-11-28-14-17-4-7-19(22)20(23)12-17/h2-8,10,12H,9,11,13-14H2,1H3,(H,25,27). The van der Waals surface area contributed by atoms with Gasteiger partial charge in [-0.25, -0.2) is 4.98 Å². The van der Waals surface area contributed by atoms with Crippen molar-refractivity contribution in [1.29, 1.82) is 0 Å². The summed E-state index contributed by atoms with van der Waals surface area (Å²) in [5.41, 5.74) is 2.92. The number of thioether (sulfide) groups is 1. The minimum atomic E-state index is -0.0551. The van der Waals surface area contributed by atoms with E-state index in [9.17, 15) is 4.79 Å². The molecule has 0 spiro atoms. The summed E-state index contributed by atoms with van der Waals surface area (Å²) < 4.78 is 2.07. The Hall–Kier alpha value is -1.95. The van der Waals surface area contributed by atoms with E-state index < -0.39 is 0 Å². The molecule has 2 aromatic carbocycles. The molecule has 146 valence electrons. The Morgan fingerprint density at radius 3 is 2.54 bits per heavy atom. The molecule has 0 aliphatic heterocycles. The number of nitrogens with one attached hydrogen (secondary N) is 1. The van der Waals surface area contributed by atoms with Gasteiger partial charge in [0, 0.05) is 42.6 Å². The minimum absolute atomic E-state index is 0.0551. The molecule has 1 aromatic heterocycles. The van der Waals surface area contributed by atoms with Crippen LogP contribution in [-0.2, 0) is 12.3 Å². The fraction of sp³-hybridized carbons (Fsp3) is 0.238. The van der Waals surface area contributed by atoms with E-state index in [1.54, 1.807) is 24.0 Å². The summed E-state index contributed by atoms with van der Waals surface area (Å²) in [5, 5.41) is 4.09. The van der Waals surface area contributed by atoms with Crippen LogP contribution >= 0.6 is 35.0 Å². The highest BCUT2D eigenvalue weighted by atomic mass is 35.5. The zero-order valence-corrected chi connectivity index (χ0v) is 17.8. The van der Waals surface area contributed by atoms with Crippen molar-refractivity contribution in [2.24, 2.45) is 0 Å². The first-order valence-electron chi connectivity index (χ1n) is 8.89. The summed E-state index contributed by atoms with van der Waals surface area (Å²) in [4.78, 5) is 16.5. The average molecular weight is 434 g/mol. The van der Waals surface area contributed by atoms with Crippen LogP contribution in [0, 0.1) is 6.92 Å². The van der Waals surface area contributed by atoms with E-state index in [0.29, 0.717) is 22.2 Å². The van der Waals surface area contributed by atoms with Crippen LogP contribution in [0.5, 0.6) is 0 Å². The lowest BCUT2D eigenvalue weighted by Gasteiger charge is -2.08. The second kappa shape index (κ2) is 10.0. The number of imidazole rings is 1. The molecule has 3 rings (SSSR count). The molecular weight excluding hydrogens is 413 g/mol. The van der Waals surface area contributed by atoms with Crippen LogP contribution in [0.2, 0.25) is 10.0 Å². The van der Waals surface area contributed by atoms with Gasteiger partial charge < -0.3 is 9.88 Å². The highest BCUT2D eigenvalue weighted by Crippen LogP contribution is 2.24. The lowest BCUT2D eigenvalue weighted by Crippen LogP contribution is -2.25. The van der Waals surface area contributed by atoms with Crippen molar-refractivity contribution in [2.75, 3.05) is 12.3 Å². The van der Waals surface area contributed by atoms with E-state index in [1.807, 2.05) is 49.5 Å². The number of aryl methyl sites for hydroxylation is 1. The Morgan fingerprint density at radius 2 is 1.86 bits per heavy atom. The van der Waals surface area contributed by atoms with Gasteiger partial charge in [0.05, 0.1) is 10.0 Å². The maximum atomic E-state index is 12.3. The molecule has 1 N–H and O–H groups in total. The first kappa shape index (κ1) is 20.8. The summed E-state index contributed by atoms with van der Waals surface area (Å²) in [5.74, 6) is 2.57. The Morgan fingerprint density at radius 1 is 1.11 bits per heavy atom. The van der Waals surface area contributed by atoms with Gasteiger partial charge in [-0.2, -0.15) is 11.8 Å². The van der Waals surface area contributed by atoms with Crippen LogP contribution in [0.25, 0.3) is 0 Å². The molecule has 0 fully saturated rings. The lowest BCUT2D eigenvalue weighted by atomic mass is 10.1. The summed E-state index contributed by atoms with van der Waals surface area (Å²) in [7, 11) is 0.